The van der Waals surface area contributed by atoms with Crippen molar-refractivity contribution >= 4 is 21.6 Å². The molecule has 1 aromatic heterocycles. The Morgan fingerprint density at radius 1 is 1.09 bits per heavy atom. The van der Waals surface area contributed by atoms with E-state index in [9.17, 15) is 17.6 Å². The molecule has 0 aliphatic carbocycles. The standard InChI is InChI=1S/C24H30FN5O3S/c1-3-29(4-2)14-15-30-18-20(17-26-30)27-24(31)22(16-19-10-6-5-7-11-19)28-34(32,33)23-13-9-8-12-21(23)25/h5-13,17-18,22,28H,3-4,14-16H2,1-2H3,(H,27,31). The number of sulfonamides is 1. The largest absolute Gasteiger partial charge is 0.322 e. The van der Waals surface area contributed by atoms with Gasteiger partial charge in [0.05, 0.1) is 18.4 Å². The van der Waals surface area contributed by atoms with Crippen LogP contribution in [0.3, 0.4) is 0 Å². The fourth-order valence-electron chi connectivity index (χ4n) is 3.51. The van der Waals surface area contributed by atoms with Crippen molar-refractivity contribution in [3.63, 3.8) is 0 Å². The van der Waals surface area contributed by atoms with Gasteiger partial charge in [0, 0.05) is 12.7 Å². The number of carbonyl (C=O) groups is 1. The second-order valence-corrected chi connectivity index (χ2v) is 9.48. The summed E-state index contributed by atoms with van der Waals surface area (Å²) < 4.78 is 44.0. The normalized spacial score (nSPS) is 12.6. The quantitative estimate of drug-likeness (QED) is 0.410. The smallest absolute Gasteiger partial charge is 0.244 e. The number of aromatic nitrogens is 2. The van der Waals surface area contributed by atoms with Crippen LogP contribution in [0.4, 0.5) is 10.1 Å². The summed E-state index contributed by atoms with van der Waals surface area (Å²) in [5.41, 5.74) is 1.21. The molecule has 0 aliphatic heterocycles. The van der Waals surface area contributed by atoms with Crippen LogP contribution in [-0.4, -0.2) is 54.7 Å². The zero-order valence-electron chi connectivity index (χ0n) is 19.3. The van der Waals surface area contributed by atoms with Gasteiger partial charge in [0.1, 0.15) is 16.8 Å². The van der Waals surface area contributed by atoms with Gasteiger partial charge in [-0.1, -0.05) is 56.3 Å². The van der Waals surface area contributed by atoms with Gasteiger partial charge in [0.2, 0.25) is 15.9 Å². The Morgan fingerprint density at radius 2 is 1.76 bits per heavy atom. The molecule has 3 rings (SSSR count). The first-order valence-electron chi connectivity index (χ1n) is 11.2. The number of benzene rings is 2. The Hall–Kier alpha value is -3.08. The van der Waals surface area contributed by atoms with E-state index in [1.54, 1.807) is 35.1 Å². The molecule has 0 fully saturated rings. The molecule has 34 heavy (non-hydrogen) atoms. The minimum absolute atomic E-state index is 0.0937. The number of halogens is 1. The fourth-order valence-corrected chi connectivity index (χ4v) is 4.79. The molecule has 0 bridgehead atoms. The molecule has 1 amide bonds. The summed E-state index contributed by atoms with van der Waals surface area (Å²) in [5.74, 6) is -1.45. The van der Waals surface area contributed by atoms with E-state index < -0.39 is 32.7 Å². The van der Waals surface area contributed by atoms with Crippen LogP contribution in [0.1, 0.15) is 19.4 Å². The lowest BCUT2D eigenvalue weighted by molar-refractivity contribution is -0.117. The van der Waals surface area contributed by atoms with Crippen LogP contribution in [-0.2, 0) is 27.8 Å². The number of carbonyl (C=O) groups excluding carboxylic acids is 1. The van der Waals surface area contributed by atoms with E-state index >= 15 is 0 Å². The molecule has 1 heterocycles. The Labute approximate surface area is 199 Å². The highest BCUT2D eigenvalue weighted by Crippen LogP contribution is 2.16. The lowest BCUT2D eigenvalue weighted by atomic mass is 10.1. The molecule has 2 N–H and O–H groups in total. The molecule has 1 unspecified atom stereocenters. The minimum Gasteiger partial charge on any atom is -0.322 e. The van der Waals surface area contributed by atoms with Gasteiger partial charge in [-0.2, -0.15) is 9.82 Å². The monoisotopic (exact) mass is 487 g/mol. The van der Waals surface area contributed by atoms with E-state index in [1.165, 1.54) is 18.3 Å². The van der Waals surface area contributed by atoms with Crippen molar-refractivity contribution in [3.05, 3.63) is 78.4 Å². The van der Waals surface area contributed by atoms with Crippen molar-refractivity contribution in [2.45, 2.75) is 37.8 Å². The Kier molecular flexibility index (Phi) is 8.91. The average Bonchev–Trinajstić information content (AvgIpc) is 3.27. The summed E-state index contributed by atoms with van der Waals surface area (Å²) in [5, 5.41) is 7.00. The minimum atomic E-state index is -4.28. The third kappa shape index (κ3) is 6.96. The van der Waals surface area contributed by atoms with Crippen molar-refractivity contribution in [2.75, 3.05) is 25.0 Å². The Bertz CT molecular complexity index is 1180. The van der Waals surface area contributed by atoms with Gasteiger partial charge in [-0.25, -0.2) is 12.8 Å². The molecular weight excluding hydrogens is 457 g/mol. The van der Waals surface area contributed by atoms with Crippen molar-refractivity contribution in [1.29, 1.82) is 0 Å². The maximum Gasteiger partial charge on any atom is 0.244 e. The molecule has 1 atom stereocenters. The number of hydrogen-bond donors (Lipinski definition) is 2. The summed E-state index contributed by atoms with van der Waals surface area (Å²) in [4.78, 5) is 14.8. The molecule has 0 aliphatic rings. The average molecular weight is 488 g/mol. The third-order valence-electron chi connectivity index (χ3n) is 5.46. The molecule has 182 valence electrons. The number of likely N-dealkylation sites (N-methyl/N-ethyl adjacent to an activating group) is 1. The number of amides is 1. The second kappa shape index (κ2) is 11.9. The van der Waals surface area contributed by atoms with Crippen molar-refractivity contribution in [2.24, 2.45) is 0 Å². The van der Waals surface area contributed by atoms with Gasteiger partial charge in [0.25, 0.3) is 0 Å². The summed E-state index contributed by atoms with van der Waals surface area (Å²) in [7, 11) is -4.28. The fraction of sp³-hybridized carbons (Fsp3) is 0.333. The van der Waals surface area contributed by atoms with Crippen molar-refractivity contribution in [1.82, 2.24) is 19.4 Å². The molecular formula is C24H30FN5O3S. The highest BCUT2D eigenvalue weighted by molar-refractivity contribution is 7.89. The first-order valence-corrected chi connectivity index (χ1v) is 12.7. The summed E-state index contributed by atoms with van der Waals surface area (Å²) in [6.07, 6.45) is 3.31. The third-order valence-corrected chi connectivity index (χ3v) is 6.97. The zero-order valence-corrected chi connectivity index (χ0v) is 20.1. The van der Waals surface area contributed by atoms with Gasteiger partial charge in [-0.3, -0.25) is 9.48 Å². The lowest BCUT2D eigenvalue weighted by Crippen LogP contribution is -2.45. The van der Waals surface area contributed by atoms with Gasteiger partial charge >= 0.3 is 0 Å². The molecule has 3 aromatic rings. The van der Waals surface area contributed by atoms with Crippen LogP contribution in [0, 0.1) is 5.82 Å². The molecule has 0 saturated carbocycles. The van der Waals surface area contributed by atoms with E-state index in [0.717, 1.165) is 37.3 Å². The van der Waals surface area contributed by atoms with Crippen LogP contribution < -0.4 is 10.0 Å². The van der Waals surface area contributed by atoms with Gasteiger partial charge in [-0.05, 0) is 37.2 Å². The predicted octanol–water partition coefficient (Wildman–Crippen LogP) is 2.89. The van der Waals surface area contributed by atoms with Crippen LogP contribution in [0.15, 0.2) is 71.9 Å². The Balaban J connectivity index is 1.76. The molecule has 0 spiro atoms. The predicted molar refractivity (Wildman–Crippen MR) is 129 cm³/mol. The molecule has 10 heteroatoms. The molecule has 2 aromatic carbocycles. The van der Waals surface area contributed by atoms with Crippen molar-refractivity contribution < 1.29 is 17.6 Å². The zero-order chi connectivity index (χ0) is 24.6. The maximum atomic E-state index is 14.2. The maximum absolute atomic E-state index is 14.2. The Morgan fingerprint density at radius 3 is 2.44 bits per heavy atom. The molecule has 0 radical (unpaired) electrons. The number of hydrogen-bond acceptors (Lipinski definition) is 5. The SMILES string of the molecule is CCN(CC)CCn1cc(NC(=O)C(Cc2ccccc2)NS(=O)(=O)c2ccccc2F)cn1. The highest BCUT2D eigenvalue weighted by Gasteiger charge is 2.28. The number of nitrogens with zero attached hydrogens (tertiary/aromatic N) is 3. The lowest BCUT2D eigenvalue weighted by Gasteiger charge is -2.19. The number of anilines is 1. The van der Waals surface area contributed by atoms with Crippen LogP contribution >= 0.6 is 0 Å². The second-order valence-electron chi connectivity index (χ2n) is 7.80. The summed E-state index contributed by atoms with van der Waals surface area (Å²) >= 11 is 0. The highest BCUT2D eigenvalue weighted by atomic mass is 32.2. The first-order chi connectivity index (χ1) is 16.3. The summed E-state index contributed by atoms with van der Waals surface area (Å²) in [6, 6.07) is 12.9. The number of rotatable bonds is 12. The van der Waals surface area contributed by atoms with Crippen LogP contribution in [0.5, 0.6) is 0 Å². The summed E-state index contributed by atoms with van der Waals surface area (Å²) in [6.45, 7) is 7.53. The number of nitrogens with one attached hydrogen (secondary N) is 2. The molecule has 8 nitrogen and oxygen atoms in total. The first kappa shape index (κ1) is 25.5. The van der Waals surface area contributed by atoms with Gasteiger partial charge in [0.15, 0.2) is 0 Å². The van der Waals surface area contributed by atoms with E-state index in [2.05, 4.69) is 33.9 Å². The topological polar surface area (TPSA) is 96.3 Å². The van der Waals surface area contributed by atoms with Crippen LogP contribution in [0.25, 0.3) is 0 Å². The van der Waals surface area contributed by atoms with Gasteiger partial charge in [-0.15, -0.1) is 0 Å². The molecule has 0 saturated heterocycles. The van der Waals surface area contributed by atoms with E-state index in [1.807, 2.05) is 6.07 Å². The van der Waals surface area contributed by atoms with Gasteiger partial charge < -0.3 is 10.2 Å². The van der Waals surface area contributed by atoms with E-state index in [0.29, 0.717) is 12.2 Å². The van der Waals surface area contributed by atoms with Crippen LogP contribution in [0.2, 0.25) is 0 Å². The van der Waals surface area contributed by atoms with Crippen molar-refractivity contribution in [3.8, 4) is 0 Å². The van der Waals surface area contributed by atoms with E-state index in [-0.39, 0.29) is 6.42 Å². The van der Waals surface area contributed by atoms with E-state index in [4.69, 9.17) is 0 Å².